The third kappa shape index (κ3) is 6.54. The van der Waals surface area contributed by atoms with Crippen LogP contribution in [-0.4, -0.2) is 17.9 Å². The number of thioether (sulfide) groups is 1. The predicted molar refractivity (Wildman–Crippen MR) is 147 cm³/mol. The molecule has 0 bridgehead atoms. The van der Waals surface area contributed by atoms with E-state index in [0.717, 1.165) is 22.3 Å². The van der Waals surface area contributed by atoms with Gasteiger partial charge in [0.05, 0.1) is 17.6 Å². The zero-order valence-electron chi connectivity index (χ0n) is 19.8. The van der Waals surface area contributed by atoms with E-state index in [-0.39, 0.29) is 27.7 Å². The highest BCUT2D eigenvalue weighted by molar-refractivity contribution is 9.10. The Morgan fingerprint density at radius 3 is 2.58 bits per heavy atom. The van der Waals surface area contributed by atoms with E-state index in [1.54, 1.807) is 60.7 Å². The summed E-state index contributed by atoms with van der Waals surface area (Å²) in [5, 5.41) is 11.7. The van der Waals surface area contributed by atoms with Crippen molar-refractivity contribution >= 4 is 50.9 Å². The second-order valence-electron chi connectivity index (χ2n) is 7.90. The molecule has 0 atom stereocenters. The monoisotopic (exact) mass is 614 g/mol. The molecule has 10 heteroatoms. The van der Waals surface area contributed by atoms with Crippen molar-refractivity contribution in [2.24, 2.45) is 0 Å². The van der Waals surface area contributed by atoms with Crippen LogP contribution in [0.4, 0.5) is 13.2 Å². The Balaban J connectivity index is 1.66. The standard InChI is InChI=1S/C28H18BrF3N2O2S2/c1-36-24-10-8-17(7-9-23(35)25-12-20(29)16-37-25)11-19(24)15-38-27-22(14-33)21(18-5-3-2-4-6-18)13-26(34-27)28(30,31)32/h2-13,16H,15H2,1H3/b9-7+. The van der Waals surface area contributed by atoms with Crippen LogP contribution in [0, 0.1) is 11.3 Å². The number of nitriles is 1. The first-order chi connectivity index (χ1) is 18.2. The fourth-order valence-electron chi connectivity index (χ4n) is 3.58. The number of methoxy groups -OCH3 is 1. The lowest BCUT2D eigenvalue weighted by atomic mass is 10.0. The molecule has 0 aliphatic rings. The molecule has 4 aromatic rings. The number of hydrogen-bond donors (Lipinski definition) is 0. The summed E-state index contributed by atoms with van der Waals surface area (Å²) in [4.78, 5) is 16.8. The van der Waals surface area contributed by atoms with Gasteiger partial charge in [-0.05, 0) is 57.4 Å². The summed E-state index contributed by atoms with van der Waals surface area (Å²) >= 11 is 5.68. The van der Waals surface area contributed by atoms with Crippen LogP contribution in [0.2, 0.25) is 0 Å². The lowest BCUT2D eigenvalue weighted by Crippen LogP contribution is -2.10. The smallest absolute Gasteiger partial charge is 0.433 e. The lowest BCUT2D eigenvalue weighted by Gasteiger charge is -2.15. The number of thiophene rings is 1. The molecule has 38 heavy (non-hydrogen) atoms. The van der Waals surface area contributed by atoms with Gasteiger partial charge in [0.1, 0.15) is 22.5 Å². The predicted octanol–water partition coefficient (Wildman–Crippen LogP) is 8.66. The van der Waals surface area contributed by atoms with E-state index in [1.807, 2.05) is 11.4 Å². The number of ketones is 1. The average molecular weight is 615 g/mol. The van der Waals surface area contributed by atoms with Gasteiger partial charge in [-0.1, -0.05) is 42.5 Å². The highest BCUT2D eigenvalue weighted by Crippen LogP contribution is 2.38. The Bertz CT molecular complexity index is 1540. The Hall–Kier alpha value is -3.39. The molecule has 0 unspecified atom stereocenters. The number of pyridine rings is 1. The number of allylic oxidation sites excluding steroid dienone is 1. The van der Waals surface area contributed by atoms with Gasteiger partial charge >= 0.3 is 6.18 Å². The number of carbonyl (C=O) groups is 1. The highest BCUT2D eigenvalue weighted by atomic mass is 79.9. The Labute approximate surface area is 233 Å². The van der Waals surface area contributed by atoms with Crippen molar-refractivity contribution in [1.29, 1.82) is 5.26 Å². The molecular weight excluding hydrogens is 597 g/mol. The van der Waals surface area contributed by atoms with Crippen molar-refractivity contribution < 1.29 is 22.7 Å². The number of ether oxygens (including phenoxy) is 1. The molecule has 0 fully saturated rings. The van der Waals surface area contributed by atoms with E-state index in [0.29, 0.717) is 27.3 Å². The molecule has 0 saturated heterocycles. The molecule has 2 aromatic carbocycles. The molecular formula is C28H18BrF3N2O2S2. The number of halogens is 4. The van der Waals surface area contributed by atoms with Crippen molar-refractivity contribution in [3.8, 4) is 22.9 Å². The number of carbonyl (C=O) groups excluding carboxylic acids is 1. The van der Waals surface area contributed by atoms with Crippen LogP contribution in [0.15, 0.2) is 81.6 Å². The molecule has 2 heterocycles. The maximum absolute atomic E-state index is 13.7. The van der Waals surface area contributed by atoms with Crippen molar-refractivity contribution in [2.75, 3.05) is 7.11 Å². The highest BCUT2D eigenvalue weighted by Gasteiger charge is 2.34. The molecule has 0 amide bonds. The van der Waals surface area contributed by atoms with Gasteiger partial charge in [0.2, 0.25) is 0 Å². The first-order valence-corrected chi connectivity index (χ1v) is 13.7. The van der Waals surface area contributed by atoms with E-state index in [9.17, 15) is 23.2 Å². The van der Waals surface area contributed by atoms with E-state index < -0.39 is 11.9 Å². The van der Waals surface area contributed by atoms with Crippen molar-refractivity contribution in [3.63, 3.8) is 0 Å². The van der Waals surface area contributed by atoms with Crippen LogP contribution in [0.3, 0.4) is 0 Å². The quantitative estimate of drug-likeness (QED) is 0.113. The molecule has 192 valence electrons. The van der Waals surface area contributed by atoms with Gasteiger partial charge in [0, 0.05) is 26.7 Å². The van der Waals surface area contributed by atoms with Gasteiger partial charge in [-0.25, -0.2) is 4.98 Å². The Morgan fingerprint density at radius 1 is 1.18 bits per heavy atom. The molecule has 0 aliphatic heterocycles. The van der Waals surface area contributed by atoms with Crippen LogP contribution in [-0.2, 0) is 11.9 Å². The molecule has 4 nitrogen and oxygen atoms in total. The van der Waals surface area contributed by atoms with Crippen LogP contribution in [0.25, 0.3) is 17.2 Å². The first kappa shape index (κ1) is 27.6. The summed E-state index contributed by atoms with van der Waals surface area (Å²) in [6.45, 7) is 0. The molecule has 4 rings (SSSR count). The van der Waals surface area contributed by atoms with Gasteiger partial charge in [-0.3, -0.25) is 4.79 Å². The van der Waals surface area contributed by atoms with Gasteiger partial charge in [-0.15, -0.1) is 23.1 Å². The first-order valence-electron chi connectivity index (χ1n) is 11.0. The summed E-state index contributed by atoms with van der Waals surface area (Å²) in [6.07, 6.45) is -1.55. The number of benzene rings is 2. The van der Waals surface area contributed by atoms with E-state index >= 15 is 0 Å². The van der Waals surface area contributed by atoms with Gasteiger partial charge < -0.3 is 4.74 Å². The second-order valence-corrected chi connectivity index (χ2v) is 10.7. The third-order valence-electron chi connectivity index (χ3n) is 5.38. The zero-order chi connectivity index (χ0) is 27.3. The van der Waals surface area contributed by atoms with Crippen LogP contribution in [0.5, 0.6) is 5.75 Å². The summed E-state index contributed by atoms with van der Waals surface area (Å²) in [5.74, 6) is 0.568. The van der Waals surface area contributed by atoms with Gasteiger partial charge in [0.25, 0.3) is 0 Å². The van der Waals surface area contributed by atoms with E-state index in [2.05, 4.69) is 20.9 Å². The molecule has 0 radical (unpaired) electrons. The van der Waals surface area contributed by atoms with Crippen LogP contribution in [0.1, 0.15) is 32.1 Å². The zero-order valence-corrected chi connectivity index (χ0v) is 23.0. The lowest BCUT2D eigenvalue weighted by molar-refractivity contribution is -0.141. The second kappa shape index (κ2) is 12.0. The Kier molecular flexibility index (Phi) is 8.72. The number of hydrogen-bond acceptors (Lipinski definition) is 6. The third-order valence-corrected chi connectivity index (χ3v) is 8.11. The van der Waals surface area contributed by atoms with Crippen molar-refractivity contribution in [2.45, 2.75) is 17.0 Å². The van der Waals surface area contributed by atoms with Crippen LogP contribution < -0.4 is 4.74 Å². The van der Waals surface area contributed by atoms with Crippen molar-refractivity contribution in [1.82, 2.24) is 4.98 Å². The maximum Gasteiger partial charge on any atom is 0.433 e. The number of alkyl halides is 3. The summed E-state index contributed by atoms with van der Waals surface area (Å²) in [7, 11) is 1.49. The maximum atomic E-state index is 13.7. The van der Waals surface area contributed by atoms with E-state index in [1.165, 1.54) is 24.5 Å². The molecule has 0 spiro atoms. The van der Waals surface area contributed by atoms with E-state index in [4.69, 9.17) is 4.74 Å². The van der Waals surface area contributed by atoms with Crippen LogP contribution >= 0.6 is 39.0 Å². The SMILES string of the molecule is COc1ccc(/C=C/C(=O)c2cc(Br)cs2)cc1CSc1nc(C(F)(F)F)cc(-c2ccccc2)c1C#N. The summed E-state index contributed by atoms with van der Waals surface area (Å²) < 4.78 is 47.4. The van der Waals surface area contributed by atoms with Crippen molar-refractivity contribution in [3.05, 3.63) is 104 Å². The van der Waals surface area contributed by atoms with Gasteiger partial charge in [0.15, 0.2) is 5.78 Å². The normalized spacial score (nSPS) is 11.5. The van der Waals surface area contributed by atoms with Gasteiger partial charge in [-0.2, -0.15) is 18.4 Å². The molecule has 0 saturated carbocycles. The topological polar surface area (TPSA) is 63.0 Å². The number of aromatic nitrogens is 1. The minimum Gasteiger partial charge on any atom is -0.496 e. The minimum absolute atomic E-state index is 0.0253. The Morgan fingerprint density at radius 2 is 1.95 bits per heavy atom. The average Bonchev–Trinajstić information content (AvgIpc) is 3.36. The fraction of sp³-hybridized carbons (Fsp3) is 0.107. The summed E-state index contributed by atoms with van der Waals surface area (Å²) in [5.41, 5.74) is 1.05. The summed E-state index contributed by atoms with van der Waals surface area (Å²) in [6, 6.07) is 18.4. The molecule has 2 aromatic heterocycles. The fourth-order valence-corrected chi connectivity index (χ4v) is 5.91. The largest absolute Gasteiger partial charge is 0.496 e. The minimum atomic E-state index is -4.68. The number of nitrogens with zero attached hydrogens (tertiary/aromatic N) is 2. The number of rotatable bonds is 8. The molecule has 0 aliphatic carbocycles. The molecule has 0 N–H and O–H groups in total.